The Morgan fingerprint density at radius 2 is 1.73 bits per heavy atom. The van der Waals surface area contributed by atoms with Crippen molar-refractivity contribution >= 4 is 10.8 Å². The maximum Gasteiger partial charge on any atom is 0.197 e. The van der Waals surface area contributed by atoms with E-state index in [1.54, 1.807) is 0 Å². The third kappa shape index (κ3) is 2.86. The lowest BCUT2D eigenvalue weighted by Gasteiger charge is -2.31. The quantitative estimate of drug-likeness (QED) is 0.472. The highest BCUT2D eigenvalue weighted by molar-refractivity contribution is 5.96. The molecule has 0 amide bonds. The van der Waals surface area contributed by atoms with Crippen molar-refractivity contribution in [3.8, 4) is 5.75 Å². The summed E-state index contributed by atoms with van der Waals surface area (Å²) in [4.78, 5) is 0. The van der Waals surface area contributed by atoms with E-state index in [1.807, 2.05) is 0 Å². The van der Waals surface area contributed by atoms with E-state index in [-0.39, 0.29) is 6.29 Å². The zero-order valence-corrected chi connectivity index (χ0v) is 18.8. The van der Waals surface area contributed by atoms with Crippen LogP contribution in [0.1, 0.15) is 82.3 Å². The van der Waals surface area contributed by atoms with Crippen molar-refractivity contribution in [3.05, 3.63) is 41.5 Å². The summed E-state index contributed by atoms with van der Waals surface area (Å²) in [6, 6.07) is 11.1. The Morgan fingerprint density at radius 1 is 0.933 bits per heavy atom. The normalized spacial score (nSPS) is 37.1. The van der Waals surface area contributed by atoms with E-state index in [0.29, 0.717) is 11.8 Å². The molecule has 0 aliphatic heterocycles. The van der Waals surface area contributed by atoms with Gasteiger partial charge in [-0.25, -0.2) is 0 Å². The van der Waals surface area contributed by atoms with Gasteiger partial charge >= 0.3 is 0 Å². The minimum absolute atomic E-state index is 0.198. The lowest BCUT2D eigenvalue weighted by atomic mass is 9.75. The molecule has 30 heavy (non-hydrogen) atoms. The monoisotopic (exact) mass is 404 g/mol. The van der Waals surface area contributed by atoms with Crippen molar-refractivity contribution in [1.29, 1.82) is 0 Å². The zero-order valence-electron chi connectivity index (χ0n) is 18.8. The molecule has 0 aromatic heterocycles. The van der Waals surface area contributed by atoms with Gasteiger partial charge in [-0.2, -0.15) is 0 Å². The second kappa shape index (κ2) is 7.26. The molecule has 2 aromatic carbocycles. The van der Waals surface area contributed by atoms with Crippen molar-refractivity contribution in [2.24, 2.45) is 29.6 Å². The highest BCUT2D eigenvalue weighted by atomic mass is 16.7. The molecule has 2 heteroatoms. The Labute approximate surface area is 181 Å². The highest BCUT2D eigenvalue weighted by Crippen LogP contribution is 2.61. The number of rotatable bonds is 6. The molecule has 2 bridgehead atoms. The van der Waals surface area contributed by atoms with Gasteiger partial charge in [-0.1, -0.05) is 44.5 Å². The predicted molar refractivity (Wildman–Crippen MR) is 122 cm³/mol. The van der Waals surface area contributed by atoms with Gasteiger partial charge in [0.2, 0.25) is 0 Å². The van der Waals surface area contributed by atoms with Gasteiger partial charge in [0, 0.05) is 5.39 Å². The molecular formula is C28H36O2. The largest absolute Gasteiger partial charge is 0.465 e. The predicted octanol–water partition coefficient (Wildman–Crippen LogP) is 7.26. The Kier molecular flexibility index (Phi) is 4.64. The summed E-state index contributed by atoms with van der Waals surface area (Å²) >= 11 is 0. The molecule has 0 radical (unpaired) electrons. The van der Waals surface area contributed by atoms with Crippen molar-refractivity contribution in [3.63, 3.8) is 0 Å². The summed E-state index contributed by atoms with van der Waals surface area (Å²) in [6.07, 6.45) is 8.52. The van der Waals surface area contributed by atoms with E-state index >= 15 is 0 Å². The zero-order chi connectivity index (χ0) is 20.4. The van der Waals surface area contributed by atoms with E-state index in [4.69, 9.17) is 9.47 Å². The first-order valence-electron chi connectivity index (χ1n) is 12.5. The fraction of sp³-hybridized carbons (Fsp3) is 0.643. The standard InChI is InChI=1S/C28H36O2/c1-16-17(2)22-10-11-27(25-9-4-6-21(16)28(22)25)30-18(3)29-13-12-19-14-20-15-26(19)24-8-5-7-23(20)24/h4,6,9-11,16-20,23-24,26H,5,7-8,12-15H2,1-3H3. The first kappa shape index (κ1) is 19.2. The van der Waals surface area contributed by atoms with E-state index in [1.165, 1.54) is 60.4 Å². The Bertz CT molecular complexity index is 935. The first-order valence-corrected chi connectivity index (χ1v) is 12.5. The maximum absolute atomic E-state index is 6.31. The molecule has 2 aromatic rings. The van der Waals surface area contributed by atoms with Gasteiger partial charge in [-0.15, -0.1) is 0 Å². The summed E-state index contributed by atoms with van der Waals surface area (Å²) < 4.78 is 12.5. The second-order valence-electron chi connectivity index (χ2n) is 10.8. The molecule has 6 rings (SSSR count). The van der Waals surface area contributed by atoms with Crippen LogP contribution >= 0.6 is 0 Å². The Hall–Kier alpha value is -1.54. The van der Waals surface area contributed by atoms with Crippen LogP contribution < -0.4 is 4.74 Å². The second-order valence-corrected chi connectivity index (χ2v) is 10.8. The van der Waals surface area contributed by atoms with Gasteiger partial charge in [0.15, 0.2) is 6.29 Å². The van der Waals surface area contributed by atoms with Crippen LogP contribution in [0.2, 0.25) is 0 Å². The molecule has 3 fully saturated rings. The Balaban J connectivity index is 1.09. The lowest BCUT2D eigenvalue weighted by Crippen LogP contribution is -2.26. The lowest BCUT2D eigenvalue weighted by molar-refractivity contribution is -0.0719. The molecule has 4 aliphatic carbocycles. The van der Waals surface area contributed by atoms with Crippen LogP contribution in [0.25, 0.3) is 10.8 Å². The third-order valence-corrected chi connectivity index (χ3v) is 9.50. The highest BCUT2D eigenvalue weighted by Gasteiger charge is 2.53. The number of hydrogen-bond acceptors (Lipinski definition) is 2. The van der Waals surface area contributed by atoms with Crippen molar-refractivity contribution in [2.45, 2.75) is 77.4 Å². The number of hydrogen-bond donors (Lipinski definition) is 0. The summed E-state index contributed by atoms with van der Waals surface area (Å²) in [7, 11) is 0. The van der Waals surface area contributed by atoms with Crippen molar-refractivity contribution in [1.82, 2.24) is 0 Å². The number of fused-ring (bicyclic) bond motifs is 5. The van der Waals surface area contributed by atoms with Crippen LogP contribution in [-0.4, -0.2) is 12.9 Å². The molecule has 8 unspecified atom stereocenters. The third-order valence-electron chi connectivity index (χ3n) is 9.50. The van der Waals surface area contributed by atoms with Gasteiger partial charge in [0.1, 0.15) is 5.75 Å². The van der Waals surface area contributed by atoms with Crippen LogP contribution in [-0.2, 0) is 4.74 Å². The smallest absolute Gasteiger partial charge is 0.197 e. The van der Waals surface area contributed by atoms with Crippen LogP contribution in [0.15, 0.2) is 30.3 Å². The average molecular weight is 405 g/mol. The van der Waals surface area contributed by atoms with E-state index in [2.05, 4.69) is 51.1 Å². The molecule has 0 heterocycles. The van der Waals surface area contributed by atoms with Crippen LogP contribution in [0, 0.1) is 29.6 Å². The summed E-state index contributed by atoms with van der Waals surface area (Å²) in [5, 5.41) is 2.66. The summed E-state index contributed by atoms with van der Waals surface area (Å²) in [6.45, 7) is 7.58. The summed E-state index contributed by atoms with van der Waals surface area (Å²) in [5.74, 6) is 7.22. The van der Waals surface area contributed by atoms with E-state index in [9.17, 15) is 0 Å². The average Bonchev–Trinajstić information content (AvgIpc) is 3.49. The molecule has 4 aliphatic rings. The Morgan fingerprint density at radius 3 is 2.60 bits per heavy atom. The van der Waals surface area contributed by atoms with Gasteiger partial charge in [0.05, 0.1) is 6.61 Å². The molecule has 0 spiro atoms. The van der Waals surface area contributed by atoms with Crippen molar-refractivity contribution in [2.75, 3.05) is 6.61 Å². The van der Waals surface area contributed by atoms with Crippen LogP contribution in [0.5, 0.6) is 5.75 Å². The number of ether oxygens (including phenoxy) is 2. The fourth-order valence-corrected chi connectivity index (χ4v) is 7.98. The fourth-order valence-electron chi connectivity index (χ4n) is 7.98. The van der Waals surface area contributed by atoms with E-state index < -0.39 is 0 Å². The van der Waals surface area contributed by atoms with Crippen LogP contribution in [0.4, 0.5) is 0 Å². The minimum atomic E-state index is -0.198. The molecule has 0 saturated heterocycles. The molecule has 160 valence electrons. The maximum atomic E-state index is 6.31. The van der Waals surface area contributed by atoms with Crippen molar-refractivity contribution < 1.29 is 9.47 Å². The van der Waals surface area contributed by atoms with Gasteiger partial charge in [0.25, 0.3) is 0 Å². The topological polar surface area (TPSA) is 18.5 Å². The minimum Gasteiger partial charge on any atom is -0.465 e. The van der Waals surface area contributed by atoms with E-state index in [0.717, 1.165) is 41.9 Å². The molecule has 0 N–H and O–H groups in total. The molecule has 2 nitrogen and oxygen atoms in total. The van der Waals surface area contributed by atoms with Gasteiger partial charge < -0.3 is 9.47 Å². The number of benzene rings is 2. The molecule has 3 saturated carbocycles. The molecular weight excluding hydrogens is 368 g/mol. The van der Waals surface area contributed by atoms with Gasteiger partial charge in [-0.3, -0.25) is 0 Å². The molecule has 8 atom stereocenters. The van der Waals surface area contributed by atoms with Gasteiger partial charge in [-0.05, 0) is 103 Å². The van der Waals surface area contributed by atoms with Crippen LogP contribution in [0.3, 0.4) is 0 Å². The summed E-state index contributed by atoms with van der Waals surface area (Å²) in [5.41, 5.74) is 2.94. The first-order chi connectivity index (χ1) is 14.6. The SMILES string of the molecule is CC(OCCC1CC2CC1C1CCCC21)Oc1ccc2c3c(cccc13)C(C)C2C.